The molecule has 5 unspecified atom stereocenters. The molecule has 130 valence electrons. The number of methoxy groups -OCH3 is 1. The molecule has 4 rings (SSSR count). The zero-order chi connectivity index (χ0) is 16.8. The van der Waals surface area contributed by atoms with Gasteiger partial charge >= 0.3 is 0 Å². The number of nitrogens with zero attached hydrogens (tertiary/aromatic N) is 4. The maximum atomic E-state index is 9.55. The summed E-state index contributed by atoms with van der Waals surface area (Å²) >= 11 is 1.38. The number of aliphatic hydroxyl groups is 1. The van der Waals surface area contributed by atoms with Gasteiger partial charge in [-0.1, -0.05) is 11.8 Å². The zero-order valence-corrected chi connectivity index (χ0v) is 13.8. The van der Waals surface area contributed by atoms with Gasteiger partial charge in [-0.15, -0.1) is 0 Å². The summed E-state index contributed by atoms with van der Waals surface area (Å²) in [5.41, 5.74) is 6.98. The van der Waals surface area contributed by atoms with Crippen molar-refractivity contribution in [2.75, 3.05) is 25.7 Å². The minimum Gasteiger partial charge on any atom is -0.394 e. The van der Waals surface area contributed by atoms with Gasteiger partial charge in [0.05, 0.1) is 12.9 Å². The topological polar surface area (TPSA) is 127 Å². The van der Waals surface area contributed by atoms with Crippen LogP contribution in [-0.4, -0.2) is 69.4 Å². The third-order valence-electron chi connectivity index (χ3n) is 4.08. The summed E-state index contributed by atoms with van der Waals surface area (Å²) in [6.07, 6.45) is 1.44. The maximum absolute atomic E-state index is 9.55. The molecule has 2 aliphatic rings. The lowest BCUT2D eigenvalue weighted by Gasteiger charge is -2.19. The number of nitrogens with two attached hydrogens (primary N) is 1. The average Bonchev–Trinajstić information content (AvgIpc) is 3.27. The van der Waals surface area contributed by atoms with Gasteiger partial charge in [-0.2, -0.15) is 0 Å². The first-order valence-corrected chi connectivity index (χ1v) is 8.52. The first-order valence-electron chi connectivity index (χ1n) is 7.30. The summed E-state index contributed by atoms with van der Waals surface area (Å²) in [4.78, 5) is 12.9. The van der Waals surface area contributed by atoms with E-state index in [0.29, 0.717) is 22.1 Å². The van der Waals surface area contributed by atoms with Crippen LogP contribution in [0.3, 0.4) is 0 Å². The molecule has 4 heterocycles. The number of imidazole rings is 1. The van der Waals surface area contributed by atoms with E-state index in [0.717, 1.165) is 0 Å². The molecule has 3 N–H and O–H groups in total. The SMILES string of the molecule is COC1OC2C(CO)OC(n3cnc4c(N)nc(SC)nc43)C2O1. The zero-order valence-electron chi connectivity index (χ0n) is 13.0. The summed E-state index contributed by atoms with van der Waals surface area (Å²) in [6.45, 7) is -0.992. The standard InChI is InChI=1S/C13H17N5O5S/c1-20-13-22-7-5(3-19)21-11(8(7)23-13)18-4-15-6-9(14)16-12(24-2)17-10(6)18/h4-5,7-8,11,13,19H,3H2,1-2H3,(H2,14,16,17). The molecule has 0 aromatic carbocycles. The van der Waals surface area contributed by atoms with Crippen LogP contribution in [0.1, 0.15) is 6.23 Å². The fourth-order valence-electron chi connectivity index (χ4n) is 2.98. The van der Waals surface area contributed by atoms with Crippen LogP contribution < -0.4 is 5.73 Å². The normalized spacial score (nSPS) is 32.5. The molecule has 2 fully saturated rings. The number of nitrogen functional groups attached to an aromatic ring is 1. The van der Waals surface area contributed by atoms with E-state index >= 15 is 0 Å². The number of ether oxygens (including phenoxy) is 4. The highest BCUT2D eigenvalue weighted by molar-refractivity contribution is 7.98. The van der Waals surface area contributed by atoms with Gasteiger partial charge in [0.1, 0.15) is 23.8 Å². The minimum atomic E-state index is -0.795. The molecular weight excluding hydrogens is 338 g/mol. The smallest absolute Gasteiger partial charge is 0.272 e. The van der Waals surface area contributed by atoms with E-state index < -0.39 is 31.0 Å². The molecule has 5 atom stereocenters. The molecule has 2 saturated heterocycles. The number of anilines is 1. The van der Waals surface area contributed by atoms with Gasteiger partial charge in [0.15, 0.2) is 22.8 Å². The number of hydrogen-bond acceptors (Lipinski definition) is 10. The highest BCUT2D eigenvalue weighted by Crippen LogP contribution is 2.40. The Balaban J connectivity index is 1.75. The highest BCUT2D eigenvalue weighted by Gasteiger charge is 2.53. The Hall–Kier alpha value is -1.50. The van der Waals surface area contributed by atoms with Gasteiger partial charge in [0.2, 0.25) is 0 Å². The van der Waals surface area contributed by atoms with Crippen LogP contribution in [0.2, 0.25) is 0 Å². The molecule has 0 spiro atoms. The number of thioether (sulfide) groups is 1. The van der Waals surface area contributed by atoms with Crippen LogP contribution in [-0.2, 0) is 18.9 Å². The molecule has 11 heteroatoms. The fourth-order valence-corrected chi connectivity index (χ4v) is 3.35. The second-order valence-electron chi connectivity index (χ2n) is 5.39. The summed E-state index contributed by atoms with van der Waals surface area (Å²) in [6, 6.07) is 0. The quantitative estimate of drug-likeness (QED) is 0.559. The number of fused-ring (bicyclic) bond motifs is 2. The third kappa shape index (κ3) is 2.36. The number of hydrogen-bond donors (Lipinski definition) is 2. The Morgan fingerprint density at radius 2 is 2.12 bits per heavy atom. The first-order chi connectivity index (χ1) is 11.7. The molecule has 2 aromatic rings. The van der Waals surface area contributed by atoms with Crippen molar-refractivity contribution >= 4 is 28.7 Å². The molecule has 0 aliphatic carbocycles. The van der Waals surface area contributed by atoms with Crippen LogP contribution in [0.15, 0.2) is 11.5 Å². The number of aromatic nitrogens is 4. The largest absolute Gasteiger partial charge is 0.394 e. The second kappa shape index (κ2) is 6.10. The number of aliphatic hydroxyl groups excluding tert-OH is 1. The molecule has 0 bridgehead atoms. The van der Waals surface area contributed by atoms with Crippen LogP contribution in [0.5, 0.6) is 0 Å². The number of rotatable bonds is 4. The van der Waals surface area contributed by atoms with Crippen molar-refractivity contribution in [2.45, 2.75) is 36.2 Å². The highest BCUT2D eigenvalue weighted by atomic mass is 32.2. The average molecular weight is 355 g/mol. The molecule has 24 heavy (non-hydrogen) atoms. The van der Waals surface area contributed by atoms with E-state index in [4.69, 9.17) is 24.7 Å². The van der Waals surface area contributed by atoms with E-state index in [1.54, 1.807) is 10.9 Å². The summed E-state index contributed by atoms with van der Waals surface area (Å²) in [7, 11) is 1.49. The molecule has 0 saturated carbocycles. The third-order valence-corrected chi connectivity index (χ3v) is 4.63. The van der Waals surface area contributed by atoms with Crippen molar-refractivity contribution in [2.24, 2.45) is 0 Å². The van der Waals surface area contributed by atoms with E-state index in [-0.39, 0.29) is 6.61 Å². The van der Waals surface area contributed by atoms with E-state index in [9.17, 15) is 5.11 Å². The van der Waals surface area contributed by atoms with Gasteiger partial charge in [-0.25, -0.2) is 15.0 Å². The van der Waals surface area contributed by atoms with Crippen molar-refractivity contribution in [3.8, 4) is 0 Å². The Bertz CT molecular complexity index is 758. The van der Waals surface area contributed by atoms with Crippen molar-refractivity contribution in [3.05, 3.63) is 6.33 Å². The van der Waals surface area contributed by atoms with Crippen molar-refractivity contribution < 1.29 is 24.1 Å². The van der Waals surface area contributed by atoms with Gasteiger partial charge in [0, 0.05) is 7.11 Å². The Morgan fingerprint density at radius 3 is 2.83 bits per heavy atom. The lowest BCUT2D eigenvalue weighted by atomic mass is 10.1. The van der Waals surface area contributed by atoms with Crippen molar-refractivity contribution in [3.63, 3.8) is 0 Å². The van der Waals surface area contributed by atoms with E-state index in [2.05, 4.69) is 15.0 Å². The van der Waals surface area contributed by atoms with Crippen LogP contribution in [0.25, 0.3) is 11.2 Å². The van der Waals surface area contributed by atoms with Gasteiger partial charge in [-0.3, -0.25) is 4.57 Å². The lowest BCUT2D eigenvalue weighted by molar-refractivity contribution is -0.256. The molecule has 0 radical (unpaired) electrons. The maximum Gasteiger partial charge on any atom is 0.272 e. The second-order valence-corrected chi connectivity index (χ2v) is 6.17. The van der Waals surface area contributed by atoms with Crippen LogP contribution in [0.4, 0.5) is 5.82 Å². The van der Waals surface area contributed by atoms with Crippen molar-refractivity contribution in [1.29, 1.82) is 0 Å². The van der Waals surface area contributed by atoms with E-state index in [1.807, 2.05) is 6.26 Å². The summed E-state index contributed by atoms with van der Waals surface area (Å²) < 4.78 is 24.1. The fraction of sp³-hybridized carbons (Fsp3) is 0.615. The van der Waals surface area contributed by atoms with Crippen molar-refractivity contribution in [1.82, 2.24) is 19.5 Å². The predicted octanol–water partition coefficient (Wildman–Crippen LogP) is -0.266. The van der Waals surface area contributed by atoms with Gasteiger partial charge in [0.25, 0.3) is 6.48 Å². The van der Waals surface area contributed by atoms with E-state index in [1.165, 1.54) is 18.9 Å². The van der Waals surface area contributed by atoms with Crippen LogP contribution in [0, 0.1) is 0 Å². The minimum absolute atomic E-state index is 0.197. The molecule has 0 amide bonds. The Morgan fingerprint density at radius 1 is 1.33 bits per heavy atom. The summed E-state index contributed by atoms with van der Waals surface area (Å²) in [5, 5.41) is 10.1. The lowest BCUT2D eigenvalue weighted by Crippen LogP contribution is -2.31. The Kier molecular flexibility index (Phi) is 4.06. The first kappa shape index (κ1) is 16.0. The molecular formula is C13H17N5O5S. The molecule has 10 nitrogen and oxygen atoms in total. The summed E-state index contributed by atoms with van der Waals surface area (Å²) in [5.74, 6) is 0.301. The molecule has 2 aliphatic heterocycles. The monoisotopic (exact) mass is 355 g/mol. The van der Waals surface area contributed by atoms with Crippen LogP contribution >= 0.6 is 11.8 Å². The van der Waals surface area contributed by atoms with Gasteiger partial charge in [-0.05, 0) is 6.26 Å². The predicted molar refractivity (Wildman–Crippen MR) is 83.1 cm³/mol. The van der Waals surface area contributed by atoms with Gasteiger partial charge < -0.3 is 29.8 Å². The Labute approximate surface area is 141 Å². The molecule has 2 aromatic heterocycles.